The Hall–Kier alpha value is -2.06. The molecule has 8 heteroatoms. The minimum Gasteiger partial charge on any atom is -0.340 e. The molecule has 0 N–H and O–H groups in total. The van der Waals surface area contributed by atoms with Gasteiger partial charge in [0.05, 0.1) is 12.1 Å². The zero-order valence-corrected chi connectivity index (χ0v) is 17.4. The van der Waals surface area contributed by atoms with Gasteiger partial charge in [0, 0.05) is 64.2 Å². The van der Waals surface area contributed by atoms with Crippen LogP contribution >= 0.6 is 0 Å². The normalized spacial score (nSPS) is 25.2. The van der Waals surface area contributed by atoms with E-state index in [1.807, 2.05) is 4.90 Å². The number of likely N-dealkylation sites (N-methyl/N-ethyl adjacent to an activating group) is 1. The van der Waals surface area contributed by atoms with E-state index in [-0.39, 0.29) is 11.8 Å². The van der Waals surface area contributed by atoms with Crippen molar-refractivity contribution < 1.29 is 9.59 Å². The number of nitrogens with zero attached hydrogens (tertiary/aromatic N) is 6. The summed E-state index contributed by atoms with van der Waals surface area (Å²) in [6.07, 6.45) is 8.69. The monoisotopic (exact) mass is 400 g/mol. The van der Waals surface area contributed by atoms with Crippen molar-refractivity contribution in [3.8, 4) is 0 Å². The second-order valence-corrected chi connectivity index (χ2v) is 8.58. The van der Waals surface area contributed by atoms with Gasteiger partial charge in [0.25, 0.3) is 5.91 Å². The number of hydrogen-bond acceptors (Lipinski definition) is 6. The second-order valence-electron chi connectivity index (χ2n) is 8.58. The zero-order valence-electron chi connectivity index (χ0n) is 17.4. The summed E-state index contributed by atoms with van der Waals surface area (Å²) in [7, 11) is 2.12. The molecule has 3 fully saturated rings. The fraction of sp³-hybridized carbons (Fsp3) is 0.714. The van der Waals surface area contributed by atoms with Crippen LogP contribution in [-0.2, 0) is 4.79 Å². The second kappa shape index (κ2) is 9.17. The van der Waals surface area contributed by atoms with Gasteiger partial charge in [-0.05, 0) is 39.3 Å². The summed E-state index contributed by atoms with van der Waals surface area (Å²) in [6.45, 7) is 7.08. The molecule has 3 aliphatic heterocycles. The SMILES string of the molecule is CN1CCN(C(=O)[C@@H]2CCCN(C3CCN(C(=O)c4cnccn4)CC3)C2)CC1. The number of rotatable bonds is 3. The van der Waals surface area contributed by atoms with Gasteiger partial charge in [-0.1, -0.05) is 0 Å². The highest BCUT2D eigenvalue weighted by Gasteiger charge is 2.35. The number of aromatic nitrogens is 2. The molecule has 8 nitrogen and oxygen atoms in total. The maximum atomic E-state index is 13.0. The smallest absolute Gasteiger partial charge is 0.274 e. The van der Waals surface area contributed by atoms with Crippen LogP contribution in [0.2, 0.25) is 0 Å². The van der Waals surface area contributed by atoms with Gasteiger partial charge >= 0.3 is 0 Å². The van der Waals surface area contributed by atoms with Crippen LogP contribution in [0.1, 0.15) is 36.2 Å². The van der Waals surface area contributed by atoms with Crippen LogP contribution in [-0.4, -0.2) is 107 Å². The minimum absolute atomic E-state index is 0.0293. The lowest BCUT2D eigenvalue weighted by atomic mass is 9.92. The number of piperazine rings is 1. The number of amides is 2. The van der Waals surface area contributed by atoms with Crippen LogP contribution in [0.15, 0.2) is 18.6 Å². The predicted octanol–water partition coefficient (Wildman–Crippen LogP) is 0.567. The Balaban J connectivity index is 1.28. The molecule has 0 unspecified atom stereocenters. The largest absolute Gasteiger partial charge is 0.340 e. The molecule has 0 aromatic carbocycles. The number of piperidine rings is 2. The zero-order chi connectivity index (χ0) is 20.2. The summed E-state index contributed by atoms with van der Waals surface area (Å²) in [4.78, 5) is 42.5. The third-order valence-corrected chi connectivity index (χ3v) is 6.67. The first-order chi connectivity index (χ1) is 14.1. The Morgan fingerprint density at radius 1 is 0.931 bits per heavy atom. The molecular weight excluding hydrogens is 368 g/mol. The fourth-order valence-corrected chi connectivity index (χ4v) is 4.83. The topological polar surface area (TPSA) is 72.9 Å². The van der Waals surface area contributed by atoms with Crippen LogP contribution in [0.25, 0.3) is 0 Å². The van der Waals surface area contributed by atoms with Crippen molar-refractivity contribution in [2.24, 2.45) is 5.92 Å². The summed E-state index contributed by atoms with van der Waals surface area (Å²) in [6, 6.07) is 0.462. The molecule has 4 heterocycles. The molecular formula is C21H32N6O2. The van der Waals surface area contributed by atoms with Crippen molar-refractivity contribution in [3.63, 3.8) is 0 Å². The van der Waals surface area contributed by atoms with Crippen LogP contribution in [0.4, 0.5) is 0 Å². The predicted molar refractivity (Wildman–Crippen MR) is 109 cm³/mol. The average molecular weight is 401 g/mol. The van der Waals surface area contributed by atoms with Crippen molar-refractivity contribution in [1.82, 2.24) is 29.6 Å². The fourth-order valence-electron chi connectivity index (χ4n) is 4.83. The molecule has 158 valence electrons. The molecule has 0 radical (unpaired) electrons. The van der Waals surface area contributed by atoms with Gasteiger partial charge in [0.15, 0.2) is 0 Å². The Kier molecular flexibility index (Phi) is 6.40. The van der Waals surface area contributed by atoms with Gasteiger partial charge in [0.1, 0.15) is 5.69 Å². The molecule has 29 heavy (non-hydrogen) atoms. The third kappa shape index (κ3) is 4.75. The molecule has 3 saturated heterocycles. The van der Waals surface area contributed by atoms with Crippen molar-refractivity contribution in [3.05, 3.63) is 24.3 Å². The van der Waals surface area contributed by atoms with E-state index in [0.29, 0.717) is 17.6 Å². The average Bonchev–Trinajstić information content (AvgIpc) is 2.79. The van der Waals surface area contributed by atoms with E-state index in [4.69, 9.17) is 0 Å². The first kappa shape index (κ1) is 20.2. The minimum atomic E-state index is -0.0293. The van der Waals surface area contributed by atoms with Gasteiger partial charge in [-0.15, -0.1) is 0 Å². The van der Waals surface area contributed by atoms with Crippen LogP contribution in [0.5, 0.6) is 0 Å². The maximum Gasteiger partial charge on any atom is 0.274 e. The molecule has 1 atom stereocenters. The first-order valence-electron chi connectivity index (χ1n) is 10.9. The van der Waals surface area contributed by atoms with Gasteiger partial charge in [-0.2, -0.15) is 0 Å². The lowest BCUT2D eigenvalue weighted by molar-refractivity contribution is -0.139. The Labute approximate surface area is 172 Å². The highest BCUT2D eigenvalue weighted by atomic mass is 16.2. The maximum absolute atomic E-state index is 13.0. The summed E-state index contributed by atoms with van der Waals surface area (Å²) in [5, 5.41) is 0. The molecule has 0 aliphatic carbocycles. The summed E-state index contributed by atoms with van der Waals surface area (Å²) >= 11 is 0. The van der Waals surface area contributed by atoms with E-state index >= 15 is 0 Å². The number of carbonyl (C=O) groups excluding carboxylic acids is 2. The van der Waals surface area contributed by atoms with Crippen molar-refractivity contribution >= 4 is 11.8 Å². The third-order valence-electron chi connectivity index (χ3n) is 6.67. The van der Waals surface area contributed by atoms with E-state index in [2.05, 4.69) is 31.7 Å². The molecule has 2 amide bonds. The van der Waals surface area contributed by atoms with E-state index in [1.165, 1.54) is 6.20 Å². The summed E-state index contributed by atoms with van der Waals surface area (Å²) < 4.78 is 0. The van der Waals surface area contributed by atoms with Crippen LogP contribution in [0, 0.1) is 5.92 Å². The summed E-state index contributed by atoms with van der Waals surface area (Å²) in [5.41, 5.74) is 0.418. The number of carbonyl (C=O) groups is 2. The van der Waals surface area contributed by atoms with Gasteiger partial charge < -0.3 is 14.7 Å². The van der Waals surface area contributed by atoms with Crippen molar-refractivity contribution in [2.75, 3.05) is 59.4 Å². The van der Waals surface area contributed by atoms with E-state index in [9.17, 15) is 9.59 Å². The molecule has 0 bridgehead atoms. The quantitative estimate of drug-likeness (QED) is 0.739. The Morgan fingerprint density at radius 2 is 1.69 bits per heavy atom. The standard InChI is InChI=1S/C21H32N6O2/c1-24-11-13-26(14-12-24)20(28)17-3-2-8-27(16-17)18-4-9-25(10-5-18)21(29)19-15-22-6-7-23-19/h6-7,15,17-18H,2-5,8-14,16H2,1H3/t17-/m1/s1. The lowest BCUT2D eigenvalue weighted by Gasteiger charge is -2.43. The first-order valence-corrected chi connectivity index (χ1v) is 10.9. The molecule has 0 saturated carbocycles. The van der Waals surface area contributed by atoms with E-state index in [0.717, 1.165) is 78.0 Å². The highest BCUT2D eigenvalue weighted by molar-refractivity contribution is 5.92. The van der Waals surface area contributed by atoms with Gasteiger partial charge in [-0.25, -0.2) is 4.98 Å². The van der Waals surface area contributed by atoms with E-state index in [1.54, 1.807) is 12.4 Å². The molecule has 4 rings (SSSR count). The highest BCUT2D eigenvalue weighted by Crippen LogP contribution is 2.26. The molecule has 1 aromatic rings. The van der Waals surface area contributed by atoms with Crippen molar-refractivity contribution in [1.29, 1.82) is 0 Å². The molecule has 3 aliphatic rings. The van der Waals surface area contributed by atoms with Crippen molar-refractivity contribution in [2.45, 2.75) is 31.7 Å². The number of likely N-dealkylation sites (tertiary alicyclic amines) is 2. The van der Waals surface area contributed by atoms with E-state index < -0.39 is 0 Å². The van der Waals surface area contributed by atoms with Gasteiger partial charge in [0.2, 0.25) is 5.91 Å². The number of hydrogen-bond donors (Lipinski definition) is 0. The van der Waals surface area contributed by atoms with Crippen LogP contribution in [0.3, 0.4) is 0 Å². The Bertz CT molecular complexity index is 698. The molecule has 1 aromatic heterocycles. The Morgan fingerprint density at radius 3 is 2.38 bits per heavy atom. The summed E-state index contributed by atoms with van der Waals surface area (Å²) in [5.74, 6) is 0.447. The molecule has 0 spiro atoms. The lowest BCUT2D eigenvalue weighted by Crippen LogP contribution is -2.54. The van der Waals surface area contributed by atoms with Gasteiger partial charge in [-0.3, -0.25) is 19.5 Å². The van der Waals surface area contributed by atoms with Crippen LogP contribution < -0.4 is 0 Å².